The largest absolute Gasteiger partial charge is 0.390 e. The molecule has 1 aromatic carbocycles. The van der Waals surface area contributed by atoms with Gasteiger partial charge in [-0.2, -0.15) is 0 Å². The van der Waals surface area contributed by atoms with Crippen molar-refractivity contribution in [3.63, 3.8) is 0 Å². The third-order valence-electron chi connectivity index (χ3n) is 2.76. The molecule has 1 aliphatic heterocycles. The highest BCUT2D eigenvalue weighted by Gasteiger charge is 2.23. The zero-order valence-corrected chi connectivity index (χ0v) is 10.7. The Morgan fingerprint density at radius 2 is 2.28 bits per heavy atom. The molecule has 0 aromatic heterocycles. The number of anilines is 2. The minimum absolute atomic E-state index is 0.0952. The third kappa shape index (κ3) is 2.86. The smallest absolute Gasteiger partial charge is 0.322 e. The number of carbonyl (C=O) groups excluding carboxylic acids is 1. The van der Waals surface area contributed by atoms with Crippen LogP contribution < -0.4 is 15.5 Å². The van der Waals surface area contributed by atoms with E-state index in [0.717, 1.165) is 11.4 Å². The van der Waals surface area contributed by atoms with Gasteiger partial charge in [0, 0.05) is 19.6 Å². The standard InChI is InChI=1S/C12H16ClN3O2/c13-7-9(17)8-15-10-3-1-2-4-11(10)16-6-5-14-12(16)18/h1-4,9,15,17H,5-8H2,(H,14,18). The summed E-state index contributed by atoms with van der Waals surface area (Å²) >= 11 is 5.54. The Bertz CT molecular complexity index is 428. The van der Waals surface area contributed by atoms with E-state index >= 15 is 0 Å². The topological polar surface area (TPSA) is 64.6 Å². The van der Waals surface area contributed by atoms with Crippen LogP contribution in [0.1, 0.15) is 0 Å². The lowest BCUT2D eigenvalue weighted by atomic mass is 10.2. The van der Waals surface area contributed by atoms with E-state index in [-0.39, 0.29) is 11.9 Å². The molecule has 1 unspecified atom stereocenters. The summed E-state index contributed by atoms with van der Waals surface area (Å²) in [6.45, 7) is 1.66. The zero-order chi connectivity index (χ0) is 13.0. The zero-order valence-electron chi connectivity index (χ0n) is 9.90. The second-order valence-electron chi connectivity index (χ2n) is 4.09. The maximum atomic E-state index is 11.6. The van der Waals surface area contributed by atoms with E-state index in [4.69, 9.17) is 11.6 Å². The maximum Gasteiger partial charge on any atom is 0.322 e. The van der Waals surface area contributed by atoms with Crippen molar-refractivity contribution in [1.82, 2.24) is 5.32 Å². The molecule has 98 valence electrons. The lowest BCUT2D eigenvalue weighted by Crippen LogP contribution is -2.29. The minimum Gasteiger partial charge on any atom is -0.390 e. The Morgan fingerprint density at radius 3 is 2.94 bits per heavy atom. The molecule has 0 saturated carbocycles. The third-order valence-corrected chi connectivity index (χ3v) is 3.11. The molecular formula is C12H16ClN3O2. The predicted molar refractivity (Wildman–Crippen MR) is 72.4 cm³/mol. The molecule has 5 nitrogen and oxygen atoms in total. The fraction of sp³-hybridized carbons (Fsp3) is 0.417. The van der Waals surface area contributed by atoms with Crippen LogP contribution in [0.5, 0.6) is 0 Å². The highest BCUT2D eigenvalue weighted by Crippen LogP contribution is 2.26. The van der Waals surface area contributed by atoms with Gasteiger partial charge in [0.1, 0.15) is 0 Å². The van der Waals surface area contributed by atoms with Crippen LogP contribution >= 0.6 is 11.6 Å². The van der Waals surface area contributed by atoms with Crippen molar-refractivity contribution < 1.29 is 9.90 Å². The van der Waals surface area contributed by atoms with Crippen molar-refractivity contribution in [2.45, 2.75) is 6.10 Å². The quantitative estimate of drug-likeness (QED) is 0.705. The van der Waals surface area contributed by atoms with Crippen LogP contribution in [-0.2, 0) is 0 Å². The number of nitrogens with one attached hydrogen (secondary N) is 2. The number of urea groups is 1. The molecule has 0 spiro atoms. The molecule has 3 N–H and O–H groups in total. The highest BCUT2D eigenvalue weighted by molar-refractivity contribution is 6.18. The number of alkyl halides is 1. The van der Waals surface area contributed by atoms with Crippen molar-refractivity contribution in [3.05, 3.63) is 24.3 Å². The Balaban J connectivity index is 2.12. The number of rotatable bonds is 5. The summed E-state index contributed by atoms with van der Waals surface area (Å²) < 4.78 is 0. The van der Waals surface area contributed by atoms with Gasteiger partial charge in [0.15, 0.2) is 0 Å². The number of carbonyl (C=O) groups is 1. The van der Waals surface area contributed by atoms with E-state index in [2.05, 4.69) is 10.6 Å². The lowest BCUT2D eigenvalue weighted by Gasteiger charge is -2.20. The Hall–Kier alpha value is -1.46. The average molecular weight is 270 g/mol. The number of halogens is 1. The minimum atomic E-state index is -0.605. The summed E-state index contributed by atoms with van der Waals surface area (Å²) in [6.07, 6.45) is -0.605. The fourth-order valence-corrected chi connectivity index (χ4v) is 1.95. The first-order valence-corrected chi connectivity index (χ1v) is 6.38. The first kappa shape index (κ1) is 13.0. The molecule has 1 heterocycles. The molecule has 0 radical (unpaired) electrons. The molecular weight excluding hydrogens is 254 g/mol. The molecule has 18 heavy (non-hydrogen) atoms. The molecule has 1 atom stereocenters. The van der Waals surface area contributed by atoms with Crippen LogP contribution in [0.25, 0.3) is 0 Å². The van der Waals surface area contributed by atoms with Crippen LogP contribution in [-0.4, -0.2) is 42.8 Å². The molecule has 2 amide bonds. The van der Waals surface area contributed by atoms with Crippen molar-refractivity contribution in [2.75, 3.05) is 35.7 Å². The van der Waals surface area contributed by atoms with E-state index in [1.165, 1.54) is 0 Å². The van der Waals surface area contributed by atoms with Gasteiger partial charge in [0.05, 0.1) is 23.4 Å². The molecule has 1 fully saturated rings. The van der Waals surface area contributed by atoms with Crippen molar-refractivity contribution >= 4 is 29.0 Å². The van der Waals surface area contributed by atoms with Gasteiger partial charge in [-0.1, -0.05) is 12.1 Å². The van der Waals surface area contributed by atoms with Crippen LogP contribution in [0.4, 0.5) is 16.2 Å². The fourth-order valence-electron chi connectivity index (χ4n) is 1.84. The van der Waals surface area contributed by atoms with Gasteiger partial charge in [0.2, 0.25) is 0 Å². The summed E-state index contributed by atoms with van der Waals surface area (Å²) in [5.41, 5.74) is 1.63. The Labute approximate surface area is 111 Å². The molecule has 1 aliphatic rings. The monoisotopic (exact) mass is 269 g/mol. The lowest BCUT2D eigenvalue weighted by molar-refractivity contribution is 0.211. The normalized spacial score (nSPS) is 16.6. The van der Waals surface area contributed by atoms with E-state index in [1.807, 2.05) is 24.3 Å². The number of para-hydroxylation sites is 2. The van der Waals surface area contributed by atoms with E-state index in [1.54, 1.807) is 4.90 Å². The Morgan fingerprint density at radius 1 is 1.50 bits per heavy atom. The number of aliphatic hydroxyl groups excluding tert-OH is 1. The molecule has 1 saturated heterocycles. The highest BCUT2D eigenvalue weighted by atomic mass is 35.5. The average Bonchev–Trinajstić information content (AvgIpc) is 2.82. The van der Waals surface area contributed by atoms with Gasteiger partial charge in [-0.3, -0.25) is 4.90 Å². The summed E-state index contributed by atoms with van der Waals surface area (Å²) in [5, 5.41) is 15.3. The van der Waals surface area contributed by atoms with Crippen LogP contribution in [0, 0.1) is 0 Å². The van der Waals surface area contributed by atoms with Gasteiger partial charge in [-0.15, -0.1) is 11.6 Å². The van der Waals surface area contributed by atoms with Crippen LogP contribution in [0.15, 0.2) is 24.3 Å². The van der Waals surface area contributed by atoms with Crippen molar-refractivity contribution in [1.29, 1.82) is 0 Å². The van der Waals surface area contributed by atoms with Gasteiger partial charge in [-0.25, -0.2) is 4.79 Å². The van der Waals surface area contributed by atoms with E-state index < -0.39 is 6.10 Å². The Kier molecular flexibility index (Phi) is 4.28. The number of benzene rings is 1. The number of hydrogen-bond acceptors (Lipinski definition) is 3. The summed E-state index contributed by atoms with van der Waals surface area (Å²) in [4.78, 5) is 13.3. The van der Waals surface area contributed by atoms with Gasteiger partial charge in [0.25, 0.3) is 0 Å². The predicted octanol–water partition coefficient (Wildman–Crippen LogP) is 1.23. The van der Waals surface area contributed by atoms with E-state index in [0.29, 0.717) is 19.6 Å². The first-order valence-electron chi connectivity index (χ1n) is 5.84. The first-order chi connectivity index (χ1) is 8.72. The number of aliphatic hydroxyl groups is 1. The summed E-state index contributed by atoms with van der Waals surface area (Å²) in [5.74, 6) is 0.180. The van der Waals surface area contributed by atoms with Crippen molar-refractivity contribution in [2.24, 2.45) is 0 Å². The second-order valence-corrected chi connectivity index (χ2v) is 4.40. The van der Waals surface area contributed by atoms with Crippen molar-refractivity contribution in [3.8, 4) is 0 Å². The van der Waals surface area contributed by atoms with Gasteiger partial charge < -0.3 is 15.7 Å². The molecule has 2 rings (SSSR count). The molecule has 1 aromatic rings. The maximum absolute atomic E-state index is 11.6. The number of nitrogens with zero attached hydrogens (tertiary/aromatic N) is 1. The molecule has 6 heteroatoms. The van der Waals surface area contributed by atoms with Crippen LogP contribution in [0.2, 0.25) is 0 Å². The summed E-state index contributed by atoms with van der Waals surface area (Å²) in [7, 11) is 0. The number of hydrogen-bond donors (Lipinski definition) is 3. The summed E-state index contributed by atoms with van der Waals surface area (Å²) in [6, 6.07) is 7.42. The van der Waals surface area contributed by atoms with Gasteiger partial charge >= 0.3 is 6.03 Å². The van der Waals surface area contributed by atoms with Gasteiger partial charge in [-0.05, 0) is 12.1 Å². The van der Waals surface area contributed by atoms with E-state index in [9.17, 15) is 9.90 Å². The molecule has 0 aliphatic carbocycles. The molecule has 0 bridgehead atoms. The number of amides is 2. The van der Waals surface area contributed by atoms with Crippen LogP contribution in [0.3, 0.4) is 0 Å². The second kappa shape index (κ2) is 5.93. The SMILES string of the molecule is O=C1NCCN1c1ccccc1NCC(O)CCl.